The Hall–Kier alpha value is -4.94. The van der Waals surface area contributed by atoms with Crippen LogP contribution in [0.1, 0.15) is 54.0 Å². The van der Waals surface area contributed by atoms with Gasteiger partial charge in [-0.15, -0.1) is 0 Å². The number of hydrogen-bond acceptors (Lipinski definition) is 10. The molecular formula is C43H56N2O10+2. The Bertz CT molecular complexity index is 1840. The lowest BCUT2D eigenvalue weighted by Crippen LogP contribution is -2.52. The van der Waals surface area contributed by atoms with Crippen molar-refractivity contribution in [2.75, 3.05) is 88.2 Å². The highest BCUT2D eigenvalue weighted by molar-refractivity contribution is 5.91. The first-order valence-electron chi connectivity index (χ1n) is 19.2. The van der Waals surface area contributed by atoms with Crippen LogP contribution in [-0.4, -0.2) is 109 Å². The first-order chi connectivity index (χ1) is 26.7. The van der Waals surface area contributed by atoms with Crippen molar-refractivity contribution in [3.63, 3.8) is 0 Å². The molecule has 55 heavy (non-hydrogen) atoms. The molecule has 0 saturated carbocycles. The first-order valence-corrected chi connectivity index (χ1v) is 19.2. The Kier molecular flexibility index (Phi) is 13.1. The molecule has 1 unspecified atom stereocenters. The topological polar surface area (TPSA) is 108 Å². The van der Waals surface area contributed by atoms with Gasteiger partial charge in [-0.05, 0) is 53.6 Å². The normalized spacial score (nSPS) is 19.5. The lowest BCUT2D eigenvalue weighted by atomic mass is 9.86. The van der Waals surface area contributed by atoms with Gasteiger partial charge in [-0.2, -0.15) is 0 Å². The highest BCUT2D eigenvalue weighted by atomic mass is 16.7. The van der Waals surface area contributed by atoms with Crippen LogP contribution in [0.3, 0.4) is 0 Å². The molecule has 1 fully saturated rings. The molecule has 0 amide bonds. The van der Waals surface area contributed by atoms with Gasteiger partial charge in [0.2, 0.25) is 6.79 Å². The lowest BCUT2D eigenvalue weighted by molar-refractivity contribution is -0.941. The minimum Gasteiger partial charge on any atom is -0.493 e. The summed E-state index contributed by atoms with van der Waals surface area (Å²) < 4.78 is 46.2. The summed E-state index contributed by atoms with van der Waals surface area (Å²) in [5.41, 5.74) is 4.79. The molecule has 3 aliphatic rings. The molecule has 2 atom stereocenters. The number of carbonyl (C=O) groups is 2. The summed E-state index contributed by atoms with van der Waals surface area (Å²) in [6.45, 7) is 6.49. The molecule has 12 heteroatoms. The second kappa shape index (κ2) is 18.1. The summed E-state index contributed by atoms with van der Waals surface area (Å²) in [5.74, 6) is 3.27. The van der Waals surface area contributed by atoms with Crippen LogP contribution < -0.4 is 28.4 Å². The van der Waals surface area contributed by atoms with E-state index < -0.39 is 11.9 Å². The average Bonchev–Trinajstić information content (AvgIpc) is 3.87. The summed E-state index contributed by atoms with van der Waals surface area (Å²) >= 11 is 0. The van der Waals surface area contributed by atoms with E-state index in [4.69, 9.17) is 37.9 Å². The SMILES string of the molecule is COc1ccc(C[C@@H]2c3cc(OC)c(OC)cc3CC[N+]2(C)CCCOC(=O)/C=C\C(=O)OCCC[N+]2(Cc3ccc4c(c3)OCO4)CCCC2)cc1OC. The van der Waals surface area contributed by atoms with Gasteiger partial charge >= 0.3 is 11.9 Å². The van der Waals surface area contributed by atoms with Crippen molar-refractivity contribution in [3.05, 3.63) is 82.9 Å². The molecule has 296 valence electrons. The summed E-state index contributed by atoms with van der Waals surface area (Å²) in [6.07, 6.45) is 7.71. The molecule has 0 spiro atoms. The van der Waals surface area contributed by atoms with E-state index in [2.05, 4.69) is 37.4 Å². The molecule has 0 N–H and O–H groups in total. The van der Waals surface area contributed by atoms with Gasteiger partial charge in [0.1, 0.15) is 12.6 Å². The van der Waals surface area contributed by atoms with Crippen molar-refractivity contribution in [1.29, 1.82) is 0 Å². The fraction of sp³-hybridized carbons (Fsp3) is 0.488. The molecule has 0 aromatic heterocycles. The fourth-order valence-electron chi connectivity index (χ4n) is 8.46. The molecule has 0 aliphatic carbocycles. The van der Waals surface area contributed by atoms with Gasteiger partial charge in [-0.3, -0.25) is 0 Å². The monoisotopic (exact) mass is 760 g/mol. The maximum Gasteiger partial charge on any atom is 0.331 e. The van der Waals surface area contributed by atoms with Crippen LogP contribution in [0.2, 0.25) is 0 Å². The Labute approximate surface area is 324 Å². The maximum absolute atomic E-state index is 12.6. The Morgan fingerprint density at radius 2 is 1.33 bits per heavy atom. The molecular weight excluding hydrogens is 704 g/mol. The van der Waals surface area contributed by atoms with Crippen LogP contribution >= 0.6 is 0 Å². The molecule has 0 radical (unpaired) electrons. The number of rotatable bonds is 18. The average molecular weight is 761 g/mol. The van der Waals surface area contributed by atoms with Gasteiger partial charge in [0.25, 0.3) is 0 Å². The third-order valence-corrected chi connectivity index (χ3v) is 11.4. The van der Waals surface area contributed by atoms with Gasteiger partial charge in [0.15, 0.2) is 34.5 Å². The van der Waals surface area contributed by atoms with Gasteiger partial charge in [-0.25, -0.2) is 9.59 Å². The number of ether oxygens (including phenoxy) is 8. The Balaban J connectivity index is 0.988. The number of methoxy groups -OCH3 is 4. The van der Waals surface area contributed by atoms with Crippen molar-refractivity contribution in [1.82, 2.24) is 0 Å². The summed E-state index contributed by atoms with van der Waals surface area (Å²) in [6, 6.07) is 16.5. The Morgan fingerprint density at radius 1 is 0.709 bits per heavy atom. The Morgan fingerprint density at radius 3 is 2.02 bits per heavy atom. The summed E-state index contributed by atoms with van der Waals surface area (Å²) in [4.78, 5) is 25.1. The lowest BCUT2D eigenvalue weighted by Gasteiger charge is -2.46. The van der Waals surface area contributed by atoms with Gasteiger partial charge in [0, 0.05) is 61.8 Å². The molecule has 3 heterocycles. The number of benzene rings is 3. The van der Waals surface area contributed by atoms with Crippen LogP contribution in [0, 0.1) is 0 Å². The second-order valence-corrected chi connectivity index (χ2v) is 14.9. The number of likely N-dealkylation sites (tertiary alicyclic amines) is 1. The van der Waals surface area contributed by atoms with Crippen LogP contribution in [0.25, 0.3) is 0 Å². The van der Waals surface area contributed by atoms with E-state index in [1.54, 1.807) is 28.4 Å². The number of fused-ring (bicyclic) bond motifs is 2. The summed E-state index contributed by atoms with van der Waals surface area (Å²) in [5, 5.41) is 0. The van der Waals surface area contributed by atoms with E-state index in [-0.39, 0.29) is 19.4 Å². The van der Waals surface area contributed by atoms with E-state index in [0.717, 1.165) is 102 Å². The molecule has 6 rings (SSSR count). The highest BCUT2D eigenvalue weighted by Gasteiger charge is 2.40. The van der Waals surface area contributed by atoms with Crippen LogP contribution in [0.5, 0.6) is 34.5 Å². The molecule has 3 aliphatic heterocycles. The van der Waals surface area contributed by atoms with Gasteiger partial charge < -0.3 is 46.9 Å². The third kappa shape index (κ3) is 9.66. The largest absolute Gasteiger partial charge is 0.493 e. The third-order valence-electron chi connectivity index (χ3n) is 11.4. The molecule has 1 saturated heterocycles. The quantitative estimate of drug-likeness (QED) is 0.0667. The molecule has 0 bridgehead atoms. The number of hydrogen-bond donors (Lipinski definition) is 0. The maximum atomic E-state index is 12.6. The predicted octanol–water partition coefficient (Wildman–Crippen LogP) is 5.97. The van der Waals surface area contributed by atoms with Crippen molar-refractivity contribution in [2.45, 2.75) is 51.1 Å². The van der Waals surface area contributed by atoms with Gasteiger partial charge in [-0.1, -0.05) is 6.07 Å². The van der Waals surface area contributed by atoms with E-state index >= 15 is 0 Å². The van der Waals surface area contributed by atoms with Crippen LogP contribution in [0.4, 0.5) is 0 Å². The van der Waals surface area contributed by atoms with Crippen LogP contribution in [-0.2, 0) is 38.4 Å². The molecule has 3 aromatic carbocycles. The molecule has 3 aromatic rings. The number of likely N-dealkylation sites (N-methyl/N-ethyl adjacent to an activating group) is 1. The van der Waals surface area contributed by atoms with Crippen molar-refractivity contribution < 1.29 is 56.5 Å². The highest BCUT2D eigenvalue weighted by Crippen LogP contribution is 2.43. The number of quaternary nitrogens is 2. The number of carbonyl (C=O) groups excluding carboxylic acids is 2. The van der Waals surface area contributed by atoms with E-state index in [1.165, 1.54) is 29.5 Å². The second-order valence-electron chi connectivity index (χ2n) is 14.9. The van der Waals surface area contributed by atoms with E-state index in [1.807, 2.05) is 18.2 Å². The predicted molar refractivity (Wildman–Crippen MR) is 206 cm³/mol. The van der Waals surface area contributed by atoms with Crippen molar-refractivity contribution in [3.8, 4) is 34.5 Å². The zero-order valence-corrected chi connectivity index (χ0v) is 32.9. The van der Waals surface area contributed by atoms with Gasteiger partial charge in [0.05, 0.1) is 81.4 Å². The zero-order chi connectivity index (χ0) is 38.8. The van der Waals surface area contributed by atoms with Crippen molar-refractivity contribution in [2.24, 2.45) is 0 Å². The zero-order valence-electron chi connectivity index (χ0n) is 32.9. The number of esters is 2. The summed E-state index contributed by atoms with van der Waals surface area (Å²) in [7, 11) is 8.85. The number of nitrogens with zero attached hydrogens (tertiary/aromatic N) is 2. The van der Waals surface area contributed by atoms with Crippen molar-refractivity contribution >= 4 is 11.9 Å². The standard InChI is InChI=1S/C43H56N2O10/c1-44(21-16-33-27-39(50-4)40(51-5)28-34(33)35(44)24-31-10-12-36(48-2)38(25-31)49-3)17-8-22-52-42(46)14-15-43(47)53-23-9-20-45(18-6-7-19-45)29-32-11-13-37-41(26-32)55-30-54-37/h10-15,25-28,35H,6-9,16-24,29-30H2,1-5H3/q+2/b15-14-/t35-,44?/m1/s1. The van der Waals surface area contributed by atoms with Crippen LogP contribution in [0.15, 0.2) is 60.7 Å². The van der Waals surface area contributed by atoms with E-state index in [0.29, 0.717) is 30.3 Å². The van der Waals surface area contributed by atoms with E-state index in [9.17, 15) is 9.59 Å². The first kappa shape index (κ1) is 39.7. The minimum absolute atomic E-state index is 0.0954. The fourth-order valence-corrected chi connectivity index (χ4v) is 8.46. The smallest absolute Gasteiger partial charge is 0.331 e. The molecule has 12 nitrogen and oxygen atoms in total. The minimum atomic E-state index is -0.562.